The van der Waals surface area contributed by atoms with Crippen molar-refractivity contribution in [3.63, 3.8) is 0 Å². The van der Waals surface area contributed by atoms with Gasteiger partial charge in [-0.3, -0.25) is 9.52 Å². The molecule has 0 saturated carbocycles. The number of benzene rings is 1. The van der Waals surface area contributed by atoms with E-state index in [0.29, 0.717) is 10.6 Å². The first-order valence-electron chi connectivity index (χ1n) is 5.00. The van der Waals surface area contributed by atoms with Crippen LogP contribution in [0.15, 0.2) is 18.2 Å². The van der Waals surface area contributed by atoms with Gasteiger partial charge in [0.25, 0.3) is 5.91 Å². The van der Waals surface area contributed by atoms with E-state index in [9.17, 15) is 4.79 Å². The average Bonchev–Trinajstić information content (AvgIpc) is 2.16. The van der Waals surface area contributed by atoms with Crippen LogP contribution in [0.2, 0.25) is 24.7 Å². The van der Waals surface area contributed by atoms with Gasteiger partial charge < -0.3 is 0 Å². The van der Waals surface area contributed by atoms with Crippen molar-refractivity contribution in [2.45, 2.75) is 19.6 Å². The Morgan fingerprint density at radius 1 is 1.38 bits per heavy atom. The molecule has 0 aliphatic carbocycles. The maximum absolute atomic E-state index is 11.9. The van der Waals surface area contributed by atoms with Gasteiger partial charge >= 0.3 is 0 Å². The molecule has 88 valence electrons. The van der Waals surface area contributed by atoms with Crippen LogP contribution in [0.1, 0.15) is 10.4 Å². The zero-order valence-corrected chi connectivity index (χ0v) is 12.5. The number of halogens is 1. The Bertz CT molecular complexity index is 403. The van der Waals surface area contributed by atoms with E-state index in [1.807, 2.05) is 18.4 Å². The van der Waals surface area contributed by atoms with Gasteiger partial charge in [0.05, 0.1) is 18.7 Å². The Morgan fingerprint density at radius 3 is 2.50 bits per heavy atom. The van der Waals surface area contributed by atoms with E-state index in [4.69, 9.17) is 11.6 Å². The number of rotatable bonds is 3. The molecule has 0 fully saturated rings. The van der Waals surface area contributed by atoms with E-state index in [1.54, 1.807) is 6.07 Å². The van der Waals surface area contributed by atoms with Gasteiger partial charge in [0.15, 0.2) is 0 Å². The summed E-state index contributed by atoms with van der Waals surface area (Å²) in [6, 6.07) is 5.68. The van der Waals surface area contributed by atoms with Gasteiger partial charge in [0.2, 0.25) is 0 Å². The van der Waals surface area contributed by atoms with Crippen molar-refractivity contribution in [1.82, 2.24) is 4.72 Å². The molecule has 1 aromatic carbocycles. The van der Waals surface area contributed by atoms with Gasteiger partial charge in [0, 0.05) is 6.26 Å². The Balaban J connectivity index is 3.30. The normalized spacial score (nSPS) is 11.3. The van der Waals surface area contributed by atoms with E-state index < -0.39 is 8.07 Å². The third kappa shape index (κ3) is 3.03. The quantitative estimate of drug-likeness (QED) is 0.678. The highest BCUT2D eigenvalue weighted by atomic mass is 35.5. The summed E-state index contributed by atoms with van der Waals surface area (Å²) in [5.41, 5.74) is 0.637. The average molecular weight is 274 g/mol. The molecule has 1 aromatic rings. The van der Waals surface area contributed by atoms with Crippen molar-refractivity contribution < 1.29 is 4.79 Å². The van der Waals surface area contributed by atoms with Crippen LogP contribution < -0.4 is 9.91 Å². The summed E-state index contributed by atoms with van der Waals surface area (Å²) < 4.78 is 2.73. The zero-order valence-electron chi connectivity index (χ0n) is 9.93. The van der Waals surface area contributed by atoms with Crippen molar-refractivity contribution in [3.05, 3.63) is 28.8 Å². The minimum absolute atomic E-state index is 0.101. The van der Waals surface area contributed by atoms with Crippen molar-refractivity contribution in [3.8, 4) is 0 Å². The van der Waals surface area contributed by atoms with Crippen LogP contribution in [0.25, 0.3) is 0 Å². The van der Waals surface area contributed by atoms with Crippen molar-refractivity contribution in [1.29, 1.82) is 0 Å². The van der Waals surface area contributed by atoms with Crippen LogP contribution in [0.5, 0.6) is 0 Å². The summed E-state index contributed by atoms with van der Waals surface area (Å²) >= 11 is 7.41. The fourth-order valence-electron chi connectivity index (χ4n) is 1.52. The standard InChI is InChI=1S/C11H16ClNOSSi/c1-15-13-11(14)10-8(12)6-5-7-9(10)16(2,3)4/h5-7H,1-4H3,(H,13,14). The lowest BCUT2D eigenvalue weighted by atomic mass is 10.2. The molecule has 0 saturated heterocycles. The van der Waals surface area contributed by atoms with Gasteiger partial charge in [-0.15, -0.1) is 0 Å². The molecule has 0 spiro atoms. The molecule has 0 bridgehead atoms. The van der Waals surface area contributed by atoms with E-state index in [0.717, 1.165) is 5.19 Å². The number of carbonyl (C=O) groups excluding carboxylic acids is 1. The predicted molar refractivity (Wildman–Crippen MR) is 75.4 cm³/mol. The first-order chi connectivity index (χ1) is 7.38. The molecule has 0 aliphatic rings. The van der Waals surface area contributed by atoms with Crippen LogP contribution in [0.4, 0.5) is 0 Å². The molecular formula is C11H16ClNOSSi. The Morgan fingerprint density at radius 2 is 2.00 bits per heavy atom. The van der Waals surface area contributed by atoms with E-state index in [1.165, 1.54) is 11.9 Å². The largest absolute Gasteiger partial charge is 0.296 e. The highest BCUT2D eigenvalue weighted by Gasteiger charge is 2.25. The summed E-state index contributed by atoms with van der Waals surface area (Å²) in [4.78, 5) is 11.9. The van der Waals surface area contributed by atoms with Crippen molar-refractivity contribution in [2.24, 2.45) is 0 Å². The molecule has 0 aliphatic heterocycles. The van der Waals surface area contributed by atoms with Crippen molar-refractivity contribution >= 4 is 42.7 Å². The van der Waals surface area contributed by atoms with Crippen LogP contribution in [-0.2, 0) is 0 Å². The molecule has 0 radical (unpaired) electrons. The molecule has 2 nitrogen and oxygen atoms in total. The summed E-state index contributed by atoms with van der Waals surface area (Å²) in [5, 5.41) is 1.64. The number of carbonyl (C=O) groups is 1. The third-order valence-electron chi connectivity index (χ3n) is 2.24. The second kappa shape index (κ2) is 5.25. The van der Waals surface area contributed by atoms with Crippen LogP contribution in [0.3, 0.4) is 0 Å². The lowest BCUT2D eigenvalue weighted by Crippen LogP contribution is -2.42. The number of amides is 1. The van der Waals surface area contributed by atoms with Gasteiger partial charge in [-0.2, -0.15) is 0 Å². The smallest absolute Gasteiger partial charge is 0.262 e. The maximum Gasteiger partial charge on any atom is 0.262 e. The fourth-order valence-corrected chi connectivity index (χ4v) is 3.75. The summed E-state index contributed by atoms with van der Waals surface area (Å²) in [6.45, 7) is 6.61. The van der Waals surface area contributed by atoms with Crippen molar-refractivity contribution in [2.75, 3.05) is 6.26 Å². The van der Waals surface area contributed by atoms with E-state index >= 15 is 0 Å². The Hall–Kier alpha value is -0.453. The third-order valence-corrected chi connectivity index (χ3v) is 4.98. The highest BCUT2D eigenvalue weighted by molar-refractivity contribution is 7.97. The van der Waals surface area contributed by atoms with E-state index in [2.05, 4.69) is 24.4 Å². The Labute approximate surface area is 107 Å². The zero-order chi connectivity index (χ0) is 12.3. The van der Waals surface area contributed by atoms with Gasteiger partial charge in [-0.1, -0.05) is 55.3 Å². The van der Waals surface area contributed by atoms with Gasteiger partial charge in [-0.25, -0.2) is 0 Å². The summed E-state index contributed by atoms with van der Waals surface area (Å²) in [6.07, 6.45) is 1.82. The lowest BCUT2D eigenvalue weighted by molar-refractivity contribution is 0.0985. The molecule has 1 amide bonds. The molecule has 0 heterocycles. The monoisotopic (exact) mass is 273 g/mol. The highest BCUT2D eigenvalue weighted by Crippen LogP contribution is 2.17. The topological polar surface area (TPSA) is 29.1 Å². The number of hydrogen-bond donors (Lipinski definition) is 1. The molecule has 0 atom stereocenters. The second-order valence-corrected chi connectivity index (χ2v) is 10.6. The molecule has 1 rings (SSSR count). The minimum atomic E-state index is -1.56. The van der Waals surface area contributed by atoms with Crippen LogP contribution >= 0.6 is 23.5 Å². The molecule has 0 aromatic heterocycles. The Kier molecular flexibility index (Phi) is 4.47. The summed E-state index contributed by atoms with van der Waals surface area (Å²) in [7, 11) is -1.56. The molecule has 0 unspecified atom stereocenters. The molecule has 5 heteroatoms. The lowest BCUT2D eigenvalue weighted by Gasteiger charge is -2.21. The molecular weight excluding hydrogens is 258 g/mol. The summed E-state index contributed by atoms with van der Waals surface area (Å²) in [5.74, 6) is -0.101. The molecule has 1 N–H and O–H groups in total. The SMILES string of the molecule is CSNC(=O)c1c(Cl)cccc1[Si](C)(C)C. The van der Waals surface area contributed by atoms with Crippen LogP contribution in [-0.4, -0.2) is 20.2 Å². The number of nitrogens with one attached hydrogen (secondary N) is 1. The minimum Gasteiger partial charge on any atom is -0.296 e. The fraction of sp³-hybridized carbons (Fsp3) is 0.364. The first kappa shape index (κ1) is 13.6. The first-order valence-corrected chi connectivity index (χ1v) is 10.1. The molecule has 16 heavy (non-hydrogen) atoms. The maximum atomic E-state index is 11.9. The number of hydrogen-bond acceptors (Lipinski definition) is 2. The van der Waals surface area contributed by atoms with Crippen LogP contribution in [0, 0.1) is 0 Å². The van der Waals surface area contributed by atoms with Gasteiger partial charge in [0.1, 0.15) is 0 Å². The van der Waals surface area contributed by atoms with Gasteiger partial charge in [-0.05, 0) is 11.3 Å². The second-order valence-electron chi connectivity index (χ2n) is 4.55. The predicted octanol–water partition coefficient (Wildman–Crippen LogP) is 2.89. The van der Waals surface area contributed by atoms with E-state index in [-0.39, 0.29) is 5.91 Å².